The summed E-state index contributed by atoms with van der Waals surface area (Å²) >= 11 is 4.72. The molecule has 0 atom stereocenters. The van der Waals surface area contributed by atoms with Gasteiger partial charge in [0.25, 0.3) is 0 Å². The fourth-order valence-electron chi connectivity index (χ4n) is 1.99. The minimum Gasteiger partial charge on any atom is -0.375 e. The van der Waals surface area contributed by atoms with Crippen LogP contribution in [0.15, 0.2) is 54.2 Å². The summed E-state index contributed by atoms with van der Waals surface area (Å²) in [6, 6.07) is 9.95. The third-order valence-corrected chi connectivity index (χ3v) is 2.98. The summed E-state index contributed by atoms with van der Waals surface area (Å²) in [5.41, 5.74) is 8.61. The van der Waals surface area contributed by atoms with Crippen molar-refractivity contribution in [3.8, 4) is 5.82 Å². The number of imidazole rings is 1. The van der Waals surface area contributed by atoms with Crippen LogP contribution in [0, 0.1) is 0 Å². The molecule has 21 heavy (non-hydrogen) atoms. The number of hydrogen-bond acceptors (Lipinski definition) is 4. The Morgan fingerprint density at radius 3 is 3.00 bits per heavy atom. The summed E-state index contributed by atoms with van der Waals surface area (Å²) in [4.78, 5) is 8.63. The van der Waals surface area contributed by atoms with Gasteiger partial charge in [-0.25, -0.2) is 9.97 Å². The molecule has 0 fully saturated rings. The van der Waals surface area contributed by atoms with Crippen molar-refractivity contribution in [3.05, 3.63) is 54.7 Å². The molecule has 0 saturated carbocycles. The number of hydrogen-bond donors (Lipinski definition) is 2. The normalized spacial score (nSPS) is 11.0. The second-order valence-corrected chi connectivity index (χ2v) is 4.73. The van der Waals surface area contributed by atoms with Gasteiger partial charge in [-0.3, -0.25) is 9.99 Å². The van der Waals surface area contributed by atoms with Crippen LogP contribution in [0.2, 0.25) is 0 Å². The predicted octanol–water partition coefficient (Wildman–Crippen LogP) is 1.59. The molecule has 2 aromatic heterocycles. The van der Waals surface area contributed by atoms with Gasteiger partial charge in [-0.15, -0.1) is 0 Å². The van der Waals surface area contributed by atoms with E-state index in [1.54, 1.807) is 18.7 Å². The molecule has 0 saturated heterocycles. The minimum atomic E-state index is 0.112. The van der Waals surface area contributed by atoms with Crippen molar-refractivity contribution >= 4 is 34.3 Å². The fraction of sp³-hybridized carbons (Fsp3) is 0. The van der Waals surface area contributed by atoms with E-state index in [9.17, 15) is 0 Å². The maximum Gasteiger partial charge on any atom is 0.184 e. The van der Waals surface area contributed by atoms with Crippen molar-refractivity contribution in [2.45, 2.75) is 0 Å². The molecule has 3 aromatic rings. The highest BCUT2D eigenvalue weighted by Gasteiger charge is 2.05. The average Bonchev–Trinajstić information content (AvgIpc) is 3.01. The van der Waals surface area contributed by atoms with Crippen LogP contribution in [-0.4, -0.2) is 25.9 Å². The average molecular weight is 296 g/mol. The third-order valence-electron chi connectivity index (χ3n) is 2.89. The van der Waals surface area contributed by atoms with Gasteiger partial charge >= 0.3 is 0 Å². The zero-order valence-corrected chi connectivity index (χ0v) is 11.8. The highest BCUT2D eigenvalue weighted by Crippen LogP contribution is 2.19. The number of nitrogens with two attached hydrogens (primary N) is 1. The Morgan fingerprint density at radius 2 is 2.24 bits per heavy atom. The second-order valence-electron chi connectivity index (χ2n) is 4.29. The van der Waals surface area contributed by atoms with Crippen LogP contribution in [0.4, 0.5) is 0 Å². The van der Waals surface area contributed by atoms with Crippen molar-refractivity contribution in [1.29, 1.82) is 0 Å². The van der Waals surface area contributed by atoms with Crippen molar-refractivity contribution in [2.75, 3.05) is 0 Å². The van der Waals surface area contributed by atoms with Crippen LogP contribution in [0.5, 0.6) is 0 Å². The minimum absolute atomic E-state index is 0.112. The monoisotopic (exact) mass is 296 g/mol. The second kappa shape index (κ2) is 5.68. The van der Waals surface area contributed by atoms with Gasteiger partial charge < -0.3 is 5.73 Å². The molecule has 1 aromatic carbocycles. The number of fused-ring (bicyclic) bond motifs is 1. The smallest absolute Gasteiger partial charge is 0.184 e. The molecule has 3 N–H and O–H groups in total. The number of aromatic nitrogens is 3. The fourth-order valence-corrected chi connectivity index (χ4v) is 2.05. The molecule has 2 heterocycles. The summed E-state index contributed by atoms with van der Waals surface area (Å²) in [7, 11) is 0. The van der Waals surface area contributed by atoms with E-state index in [2.05, 4.69) is 20.5 Å². The molecule has 3 rings (SSSR count). The van der Waals surface area contributed by atoms with E-state index in [0.29, 0.717) is 0 Å². The van der Waals surface area contributed by atoms with E-state index in [1.165, 1.54) is 0 Å². The largest absolute Gasteiger partial charge is 0.375 e. The van der Waals surface area contributed by atoms with Crippen molar-refractivity contribution in [2.24, 2.45) is 10.8 Å². The molecular weight excluding hydrogens is 284 g/mol. The lowest BCUT2D eigenvalue weighted by molar-refractivity contribution is 0.992. The van der Waals surface area contributed by atoms with Gasteiger partial charge in [0.15, 0.2) is 5.11 Å². The van der Waals surface area contributed by atoms with Crippen LogP contribution >= 0.6 is 12.2 Å². The SMILES string of the molecule is NC(=S)NN=Cc1nc(-n2ccnc2)cc2ccccc12. The topological polar surface area (TPSA) is 81.1 Å². The maximum absolute atomic E-state index is 5.35. The molecule has 6 nitrogen and oxygen atoms in total. The molecule has 0 aliphatic heterocycles. The molecule has 0 radical (unpaired) electrons. The van der Waals surface area contributed by atoms with E-state index in [4.69, 9.17) is 18.0 Å². The van der Waals surface area contributed by atoms with Gasteiger partial charge in [0.2, 0.25) is 0 Å². The van der Waals surface area contributed by atoms with Crippen LogP contribution in [0.25, 0.3) is 16.6 Å². The zero-order chi connectivity index (χ0) is 14.7. The molecule has 0 aliphatic carbocycles. The third kappa shape index (κ3) is 2.87. The van der Waals surface area contributed by atoms with Gasteiger partial charge in [0.05, 0.1) is 11.9 Å². The van der Waals surface area contributed by atoms with Gasteiger partial charge in [-0.05, 0) is 23.7 Å². The molecule has 0 aliphatic rings. The lowest BCUT2D eigenvalue weighted by Gasteiger charge is -2.07. The summed E-state index contributed by atoms with van der Waals surface area (Å²) in [6.45, 7) is 0. The standard InChI is InChI=1S/C14H12N6S/c15-14(21)19-17-8-12-11-4-2-1-3-10(11)7-13(18-12)20-6-5-16-9-20/h1-9H,(H3,15,19,21). The van der Waals surface area contributed by atoms with Crippen LogP contribution in [0.1, 0.15) is 5.69 Å². The first-order valence-electron chi connectivity index (χ1n) is 6.20. The lowest BCUT2D eigenvalue weighted by Crippen LogP contribution is -2.24. The molecule has 7 heteroatoms. The highest BCUT2D eigenvalue weighted by atomic mass is 32.1. The van der Waals surface area contributed by atoms with Gasteiger partial charge in [-0.1, -0.05) is 24.3 Å². The van der Waals surface area contributed by atoms with Crippen LogP contribution in [-0.2, 0) is 0 Å². The summed E-state index contributed by atoms with van der Waals surface area (Å²) in [6.07, 6.45) is 6.84. The Labute approximate surface area is 126 Å². The van der Waals surface area contributed by atoms with E-state index in [1.807, 2.05) is 41.1 Å². The zero-order valence-electron chi connectivity index (χ0n) is 11.0. The van der Waals surface area contributed by atoms with Crippen LogP contribution < -0.4 is 11.2 Å². The van der Waals surface area contributed by atoms with E-state index in [-0.39, 0.29) is 5.11 Å². The van der Waals surface area contributed by atoms with E-state index in [0.717, 1.165) is 22.3 Å². The van der Waals surface area contributed by atoms with Gasteiger partial charge in [-0.2, -0.15) is 5.10 Å². The number of hydrazone groups is 1. The molecule has 0 bridgehead atoms. The molecule has 104 valence electrons. The van der Waals surface area contributed by atoms with Crippen molar-refractivity contribution < 1.29 is 0 Å². The summed E-state index contributed by atoms with van der Waals surface area (Å²) in [5, 5.41) is 6.16. The Kier molecular flexibility index (Phi) is 3.57. The van der Waals surface area contributed by atoms with Crippen molar-refractivity contribution in [3.63, 3.8) is 0 Å². The number of benzene rings is 1. The van der Waals surface area contributed by atoms with Crippen molar-refractivity contribution in [1.82, 2.24) is 20.0 Å². The Morgan fingerprint density at radius 1 is 1.38 bits per heavy atom. The first-order chi connectivity index (χ1) is 10.2. The Balaban J connectivity index is 2.11. The van der Waals surface area contributed by atoms with Crippen LogP contribution in [0.3, 0.4) is 0 Å². The van der Waals surface area contributed by atoms with E-state index >= 15 is 0 Å². The molecular formula is C14H12N6S. The molecule has 0 unspecified atom stereocenters. The maximum atomic E-state index is 5.35. The highest BCUT2D eigenvalue weighted by molar-refractivity contribution is 7.80. The first kappa shape index (κ1) is 13.2. The summed E-state index contributed by atoms with van der Waals surface area (Å²) < 4.78 is 1.84. The first-order valence-corrected chi connectivity index (χ1v) is 6.61. The number of nitrogens with one attached hydrogen (secondary N) is 1. The van der Waals surface area contributed by atoms with E-state index < -0.39 is 0 Å². The predicted molar refractivity (Wildman–Crippen MR) is 86.4 cm³/mol. The number of nitrogens with zero attached hydrogens (tertiary/aromatic N) is 4. The lowest BCUT2D eigenvalue weighted by atomic mass is 10.1. The number of pyridine rings is 1. The number of thiocarbonyl (C=S) groups is 1. The Hall–Kier alpha value is -2.80. The molecule has 0 amide bonds. The quantitative estimate of drug-likeness (QED) is 0.436. The van der Waals surface area contributed by atoms with Gasteiger partial charge in [0.1, 0.15) is 12.1 Å². The molecule has 0 spiro atoms. The summed E-state index contributed by atoms with van der Waals surface area (Å²) in [5.74, 6) is 0.767. The number of rotatable bonds is 3. The Bertz CT molecular complexity index is 809. The van der Waals surface area contributed by atoms with Gasteiger partial charge in [0, 0.05) is 17.8 Å².